The molecule has 4 nitrogen and oxygen atoms in total. The van der Waals surface area contributed by atoms with E-state index in [0.29, 0.717) is 0 Å². The molecule has 0 saturated heterocycles. The Bertz CT molecular complexity index is 338. The molecule has 0 amide bonds. The maximum Gasteiger partial charge on any atom is 0.0738 e. The second-order valence-corrected chi connectivity index (χ2v) is 4.73. The Hall–Kier alpha value is -0.390. The van der Waals surface area contributed by atoms with Crippen molar-refractivity contribution in [1.29, 1.82) is 0 Å². The highest BCUT2D eigenvalue weighted by atomic mass is 79.9. The van der Waals surface area contributed by atoms with Gasteiger partial charge in [0.2, 0.25) is 0 Å². The lowest BCUT2D eigenvalue weighted by Crippen LogP contribution is -2.33. The second-order valence-electron chi connectivity index (χ2n) is 3.93. The van der Waals surface area contributed by atoms with Crippen LogP contribution in [-0.2, 0) is 6.54 Å². The molecular formula is C11H20BrN3O. The van der Waals surface area contributed by atoms with Crippen LogP contribution < -0.4 is 5.32 Å². The molecule has 1 heterocycles. The molecule has 0 fully saturated rings. The summed E-state index contributed by atoms with van der Waals surface area (Å²) in [4.78, 5) is 0. The molecule has 0 radical (unpaired) electrons. The molecule has 0 aliphatic heterocycles. The Morgan fingerprint density at radius 2 is 2.19 bits per heavy atom. The zero-order valence-electron chi connectivity index (χ0n) is 10.1. The minimum absolute atomic E-state index is 0.160. The number of nitrogens with zero attached hydrogens (tertiary/aromatic N) is 2. The number of aliphatic hydroxyl groups is 1. The summed E-state index contributed by atoms with van der Waals surface area (Å²) in [7, 11) is 0. The number of rotatable bonds is 6. The molecule has 1 aromatic rings. The molecule has 1 aromatic heterocycles. The highest BCUT2D eigenvalue weighted by molar-refractivity contribution is 9.10. The molecule has 1 rings (SSSR count). The van der Waals surface area contributed by atoms with Gasteiger partial charge in [0.15, 0.2) is 0 Å². The van der Waals surface area contributed by atoms with E-state index in [9.17, 15) is 0 Å². The van der Waals surface area contributed by atoms with Crippen LogP contribution in [0.3, 0.4) is 0 Å². The fourth-order valence-corrected chi connectivity index (χ4v) is 2.00. The maximum atomic E-state index is 9.16. The smallest absolute Gasteiger partial charge is 0.0738 e. The molecule has 2 N–H and O–H groups in total. The Kier molecular flexibility index (Phi) is 5.44. The number of aromatic nitrogens is 2. The van der Waals surface area contributed by atoms with Gasteiger partial charge in [-0.2, -0.15) is 5.10 Å². The lowest BCUT2D eigenvalue weighted by molar-refractivity contribution is 0.231. The van der Waals surface area contributed by atoms with Crippen LogP contribution >= 0.6 is 15.9 Å². The van der Waals surface area contributed by atoms with Crippen molar-refractivity contribution in [2.24, 2.45) is 0 Å². The Morgan fingerprint density at radius 1 is 1.50 bits per heavy atom. The minimum Gasteiger partial charge on any atom is -0.395 e. The van der Waals surface area contributed by atoms with Gasteiger partial charge in [-0.1, -0.05) is 6.92 Å². The number of likely N-dealkylation sites (N-methyl/N-ethyl adjacent to an activating group) is 1. The first-order chi connectivity index (χ1) is 7.60. The van der Waals surface area contributed by atoms with Crippen molar-refractivity contribution in [1.82, 2.24) is 15.1 Å². The third kappa shape index (κ3) is 3.30. The summed E-state index contributed by atoms with van der Waals surface area (Å²) < 4.78 is 3.07. The SMILES string of the molecule is CCNC(CO)CCn1nc(C)c(Br)c1C. The van der Waals surface area contributed by atoms with Crippen molar-refractivity contribution in [2.45, 2.75) is 39.8 Å². The fourth-order valence-electron chi connectivity index (χ4n) is 1.72. The minimum atomic E-state index is 0.160. The standard InChI is InChI=1S/C11H20BrN3O/c1-4-13-10(7-16)5-6-15-9(3)11(12)8(2)14-15/h10,13,16H,4-7H2,1-3H3. The van der Waals surface area contributed by atoms with Crippen LogP contribution in [0.4, 0.5) is 0 Å². The molecule has 92 valence electrons. The van der Waals surface area contributed by atoms with Crippen molar-refractivity contribution in [3.05, 3.63) is 15.9 Å². The van der Waals surface area contributed by atoms with Crippen LogP contribution in [0, 0.1) is 13.8 Å². The van der Waals surface area contributed by atoms with Gasteiger partial charge < -0.3 is 10.4 Å². The van der Waals surface area contributed by atoms with Gasteiger partial charge in [-0.3, -0.25) is 4.68 Å². The van der Waals surface area contributed by atoms with Crippen LogP contribution in [0.15, 0.2) is 4.47 Å². The number of halogens is 1. The summed E-state index contributed by atoms with van der Waals surface area (Å²) in [6.07, 6.45) is 0.888. The lowest BCUT2D eigenvalue weighted by Gasteiger charge is -2.15. The lowest BCUT2D eigenvalue weighted by atomic mass is 10.2. The van der Waals surface area contributed by atoms with Crippen LogP contribution in [0.2, 0.25) is 0 Å². The molecule has 5 heteroatoms. The number of nitrogens with one attached hydrogen (secondary N) is 1. The quantitative estimate of drug-likeness (QED) is 0.837. The topological polar surface area (TPSA) is 50.1 Å². The van der Waals surface area contributed by atoms with Gasteiger partial charge >= 0.3 is 0 Å². The normalized spacial score (nSPS) is 13.1. The summed E-state index contributed by atoms with van der Waals surface area (Å²) in [5, 5.41) is 16.8. The molecule has 0 spiro atoms. The monoisotopic (exact) mass is 289 g/mol. The van der Waals surface area contributed by atoms with Crippen molar-refractivity contribution in [3.63, 3.8) is 0 Å². The number of aliphatic hydroxyl groups excluding tert-OH is 1. The van der Waals surface area contributed by atoms with E-state index < -0.39 is 0 Å². The number of aryl methyl sites for hydroxylation is 2. The van der Waals surface area contributed by atoms with Gasteiger partial charge in [0, 0.05) is 18.3 Å². The molecular weight excluding hydrogens is 270 g/mol. The Morgan fingerprint density at radius 3 is 2.62 bits per heavy atom. The van der Waals surface area contributed by atoms with E-state index in [1.807, 2.05) is 25.5 Å². The highest BCUT2D eigenvalue weighted by Crippen LogP contribution is 2.19. The largest absolute Gasteiger partial charge is 0.395 e. The molecule has 0 bridgehead atoms. The third-order valence-corrected chi connectivity index (χ3v) is 3.84. The molecule has 1 unspecified atom stereocenters. The first-order valence-electron chi connectivity index (χ1n) is 5.63. The zero-order chi connectivity index (χ0) is 12.1. The van der Waals surface area contributed by atoms with Gasteiger partial charge in [-0.15, -0.1) is 0 Å². The van der Waals surface area contributed by atoms with Gasteiger partial charge in [0.1, 0.15) is 0 Å². The van der Waals surface area contributed by atoms with Crippen LogP contribution in [0.25, 0.3) is 0 Å². The van der Waals surface area contributed by atoms with Gasteiger partial charge in [0.05, 0.1) is 16.8 Å². The summed E-state index contributed by atoms with van der Waals surface area (Å²) >= 11 is 3.51. The van der Waals surface area contributed by atoms with E-state index in [1.165, 1.54) is 0 Å². The summed E-state index contributed by atoms with van der Waals surface area (Å²) in [5.41, 5.74) is 2.16. The molecule has 1 atom stereocenters. The Labute approximate surface area is 105 Å². The predicted octanol–water partition coefficient (Wildman–Crippen LogP) is 1.62. The van der Waals surface area contributed by atoms with E-state index >= 15 is 0 Å². The highest BCUT2D eigenvalue weighted by Gasteiger charge is 2.10. The van der Waals surface area contributed by atoms with Crippen molar-refractivity contribution < 1.29 is 5.11 Å². The maximum absolute atomic E-state index is 9.16. The molecule has 0 saturated carbocycles. The number of hydrogen-bond donors (Lipinski definition) is 2. The molecule has 0 aliphatic rings. The molecule has 0 aromatic carbocycles. The molecule has 16 heavy (non-hydrogen) atoms. The summed E-state index contributed by atoms with van der Waals surface area (Å²) in [6.45, 7) is 7.96. The van der Waals surface area contributed by atoms with Crippen LogP contribution in [0.1, 0.15) is 24.7 Å². The van der Waals surface area contributed by atoms with Crippen molar-refractivity contribution in [2.75, 3.05) is 13.2 Å². The molecule has 0 aliphatic carbocycles. The van der Waals surface area contributed by atoms with E-state index in [2.05, 4.69) is 26.3 Å². The number of hydrogen-bond acceptors (Lipinski definition) is 3. The fraction of sp³-hybridized carbons (Fsp3) is 0.727. The van der Waals surface area contributed by atoms with Crippen LogP contribution in [0.5, 0.6) is 0 Å². The van der Waals surface area contributed by atoms with E-state index in [1.54, 1.807) is 0 Å². The van der Waals surface area contributed by atoms with E-state index in [4.69, 9.17) is 5.11 Å². The first kappa shape index (κ1) is 13.7. The average molecular weight is 290 g/mol. The van der Waals surface area contributed by atoms with Crippen molar-refractivity contribution >= 4 is 15.9 Å². The average Bonchev–Trinajstić information content (AvgIpc) is 2.52. The Balaban J connectivity index is 2.56. The van der Waals surface area contributed by atoms with Gasteiger partial charge in [-0.25, -0.2) is 0 Å². The summed E-state index contributed by atoms with van der Waals surface area (Å²) in [6, 6.07) is 0.160. The van der Waals surface area contributed by atoms with Crippen LogP contribution in [-0.4, -0.2) is 34.1 Å². The van der Waals surface area contributed by atoms with Gasteiger partial charge in [-0.05, 0) is 42.7 Å². The van der Waals surface area contributed by atoms with E-state index in [0.717, 1.165) is 35.4 Å². The third-order valence-electron chi connectivity index (χ3n) is 2.70. The zero-order valence-corrected chi connectivity index (χ0v) is 11.7. The van der Waals surface area contributed by atoms with E-state index in [-0.39, 0.29) is 12.6 Å². The van der Waals surface area contributed by atoms with Crippen molar-refractivity contribution in [3.8, 4) is 0 Å². The summed E-state index contributed by atoms with van der Waals surface area (Å²) in [5.74, 6) is 0. The predicted molar refractivity (Wildman–Crippen MR) is 68.6 cm³/mol. The second kappa shape index (κ2) is 6.37. The van der Waals surface area contributed by atoms with Gasteiger partial charge in [0.25, 0.3) is 0 Å². The first-order valence-corrected chi connectivity index (χ1v) is 6.43.